The van der Waals surface area contributed by atoms with Crippen LogP contribution in [0.3, 0.4) is 0 Å². The monoisotopic (exact) mass is 573 g/mol. The van der Waals surface area contributed by atoms with Gasteiger partial charge in [-0.05, 0) is 32.7 Å². The van der Waals surface area contributed by atoms with Crippen molar-refractivity contribution in [3.63, 3.8) is 0 Å². The summed E-state index contributed by atoms with van der Waals surface area (Å²) in [4.78, 5) is 0. The highest BCUT2D eigenvalue weighted by atomic mass is 16.8. The van der Waals surface area contributed by atoms with E-state index in [9.17, 15) is 46.0 Å². The van der Waals surface area contributed by atoms with Gasteiger partial charge in [0.1, 0.15) is 67.1 Å². The minimum atomic E-state index is -1.82. The molecule has 0 bridgehead atoms. The number of unbranched alkanes of at least 4 members (excludes halogenated alkanes) is 2. The van der Waals surface area contributed by atoms with Crippen LogP contribution < -0.4 is 5.73 Å². The average Bonchev–Trinajstić information content (AvgIpc) is 2.92. The highest BCUT2D eigenvalue weighted by molar-refractivity contribution is 4.96. The Balaban J connectivity index is 1.69. The first-order valence-corrected chi connectivity index (χ1v) is 13.1. The molecule has 39 heavy (non-hydrogen) atoms. The Kier molecular flexibility index (Phi) is 12.7. The quantitative estimate of drug-likeness (QED) is 0.0976. The molecule has 3 rings (SSSR count). The van der Waals surface area contributed by atoms with Gasteiger partial charge in [0.05, 0.1) is 19.3 Å². The fraction of sp³-hybridized carbons (Fsp3) is 1.00. The Morgan fingerprint density at radius 2 is 1.18 bits per heavy atom. The number of nitrogens with two attached hydrogens (primary N) is 1. The summed E-state index contributed by atoms with van der Waals surface area (Å²) in [6.45, 7) is 0.723. The fourth-order valence-corrected chi connectivity index (χ4v) is 4.74. The molecule has 3 heterocycles. The number of aliphatic hydroxyl groups excluding tert-OH is 9. The van der Waals surface area contributed by atoms with E-state index in [1.54, 1.807) is 0 Å². The van der Waals surface area contributed by atoms with Gasteiger partial charge >= 0.3 is 0 Å². The summed E-state index contributed by atoms with van der Waals surface area (Å²) < 4.78 is 33.2. The summed E-state index contributed by atoms with van der Waals surface area (Å²) in [5, 5.41) is 92.7. The smallest absolute Gasteiger partial charge is 0.187 e. The first-order chi connectivity index (χ1) is 18.5. The zero-order chi connectivity index (χ0) is 28.9. The van der Waals surface area contributed by atoms with Crippen molar-refractivity contribution in [1.82, 2.24) is 0 Å². The third-order valence-corrected chi connectivity index (χ3v) is 7.16. The lowest BCUT2D eigenvalue weighted by molar-refractivity contribution is -0.379. The van der Waals surface area contributed by atoms with Gasteiger partial charge in [-0.25, -0.2) is 0 Å². The van der Waals surface area contributed by atoms with Crippen molar-refractivity contribution in [2.75, 3.05) is 26.4 Å². The maximum atomic E-state index is 10.9. The molecule has 16 nitrogen and oxygen atoms in total. The summed E-state index contributed by atoms with van der Waals surface area (Å²) in [7, 11) is 0. The van der Waals surface area contributed by atoms with Gasteiger partial charge in [0, 0.05) is 6.61 Å². The number of hydrogen-bond acceptors (Lipinski definition) is 16. The van der Waals surface area contributed by atoms with E-state index in [-0.39, 0.29) is 6.61 Å². The number of hydrogen-bond donors (Lipinski definition) is 10. The normalized spacial score (nSPS) is 47.3. The standard InChI is InChI=1S/C23H43NO15/c1-9-12(27)14(29)16(31)22(35-9)39-20-13(28)10(7-25)36-23(18(20)33)38-19-11(8-26)37-21(17(32)15(19)30)34-6-4-2-3-5-24/h9-23,25-33H,2-8,24H2,1H3/t9-,10+,11+,12-,13+,14+,15+,16+,17+,18+,19+,20-,21-,22-,23-/m0/s1. The second-order valence-electron chi connectivity index (χ2n) is 10.0. The van der Waals surface area contributed by atoms with Crippen LogP contribution in [0, 0.1) is 0 Å². The number of ether oxygens (including phenoxy) is 6. The largest absolute Gasteiger partial charge is 0.394 e. The zero-order valence-electron chi connectivity index (χ0n) is 21.7. The van der Waals surface area contributed by atoms with Crippen LogP contribution in [0.2, 0.25) is 0 Å². The molecule has 0 unspecified atom stereocenters. The molecule has 0 radical (unpaired) electrons. The van der Waals surface area contributed by atoms with Crippen molar-refractivity contribution in [3.8, 4) is 0 Å². The molecule has 0 spiro atoms. The van der Waals surface area contributed by atoms with Crippen LogP contribution >= 0.6 is 0 Å². The Morgan fingerprint density at radius 1 is 0.590 bits per heavy atom. The van der Waals surface area contributed by atoms with Crippen molar-refractivity contribution in [2.24, 2.45) is 5.73 Å². The van der Waals surface area contributed by atoms with Gasteiger partial charge in [0.2, 0.25) is 0 Å². The van der Waals surface area contributed by atoms with Crippen LogP contribution in [0.5, 0.6) is 0 Å². The molecule has 15 atom stereocenters. The van der Waals surface area contributed by atoms with Crippen LogP contribution in [-0.4, -0.2) is 164 Å². The highest BCUT2D eigenvalue weighted by Gasteiger charge is 2.53. The Hall–Kier alpha value is -0.640. The maximum absolute atomic E-state index is 10.9. The molecule has 3 fully saturated rings. The van der Waals surface area contributed by atoms with Crippen LogP contribution in [0.4, 0.5) is 0 Å². The molecule has 3 aliphatic rings. The van der Waals surface area contributed by atoms with Crippen LogP contribution in [0.25, 0.3) is 0 Å². The molecular weight excluding hydrogens is 530 g/mol. The third-order valence-electron chi connectivity index (χ3n) is 7.16. The van der Waals surface area contributed by atoms with Crippen LogP contribution in [0.1, 0.15) is 26.2 Å². The maximum Gasteiger partial charge on any atom is 0.187 e. The minimum absolute atomic E-state index is 0.205. The average molecular weight is 574 g/mol. The van der Waals surface area contributed by atoms with E-state index in [2.05, 4.69) is 0 Å². The lowest BCUT2D eigenvalue weighted by atomic mass is 9.96. The molecule has 0 amide bonds. The first-order valence-electron chi connectivity index (χ1n) is 13.1. The van der Waals surface area contributed by atoms with Gasteiger partial charge in [0.15, 0.2) is 18.9 Å². The summed E-state index contributed by atoms with van der Waals surface area (Å²) in [6.07, 6.45) is -20.6. The summed E-state index contributed by atoms with van der Waals surface area (Å²) >= 11 is 0. The van der Waals surface area contributed by atoms with Crippen molar-refractivity contribution >= 4 is 0 Å². The molecule has 3 saturated heterocycles. The Labute approximate surface area is 225 Å². The molecule has 0 aliphatic carbocycles. The van der Waals surface area contributed by atoms with Gasteiger partial charge in [-0.1, -0.05) is 0 Å². The topological polar surface area (TPSA) is 263 Å². The Bertz CT molecular complexity index is 721. The van der Waals surface area contributed by atoms with E-state index in [1.165, 1.54) is 6.92 Å². The SMILES string of the molecule is C[C@@H]1O[C@@H](O[C@@H]2[C@@H](O)[C@H](O[C@H]3[C@H](O)[C@@H](O)[C@@H](OCCCCCN)O[C@@H]3CO)O[C@H](CO)[C@H]2O)[C@H](O)[C@H](O)[C@H]1O. The van der Waals surface area contributed by atoms with Gasteiger partial charge < -0.3 is 80.1 Å². The Morgan fingerprint density at radius 3 is 1.82 bits per heavy atom. The number of rotatable bonds is 12. The molecule has 16 heteroatoms. The van der Waals surface area contributed by atoms with Gasteiger partial charge in [0.25, 0.3) is 0 Å². The van der Waals surface area contributed by atoms with E-state index in [0.29, 0.717) is 13.0 Å². The molecule has 0 saturated carbocycles. The predicted octanol–water partition coefficient (Wildman–Crippen LogP) is -5.39. The fourth-order valence-electron chi connectivity index (χ4n) is 4.74. The third kappa shape index (κ3) is 7.61. The molecule has 3 aliphatic heterocycles. The first kappa shape index (κ1) is 32.9. The summed E-state index contributed by atoms with van der Waals surface area (Å²) in [6, 6.07) is 0. The van der Waals surface area contributed by atoms with Crippen molar-refractivity contribution in [2.45, 2.75) is 118 Å². The second-order valence-corrected chi connectivity index (χ2v) is 10.0. The van der Waals surface area contributed by atoms with Crippen LogP contribution in [-0.2, 0) is 28.4 Å². The van der Waals surface area contributed by atoms with Gasteiger partial charge in [-0.2, -0.15) is 0 Å². The van der Waals surface area contributed by atoms with E-state index in [0.717, 1.165) is 12.8 Å². The molecule has 0 aromatic heterocycles. The molecule has 0 aromatic rings. The van der Waals surface area contributed by atoms with Crippen LogP contribution in [0.15, 0.2) is 0 Å². The molecule has 230 valence electrons. The molecule has 11 N–H and O–H groups in total. The lowest BCUT2D eigenvalue weighted by Gasteiger charge is -2.48. The lowest BCUT2D eigenvalue weighted by Crippen LogP contribution is -2.66. The van der Waals surface area contributed by atoms with Gasteiger partial charge in [-0.3, -0.25) is 0 Å². The van der Waals surface area contributed by atoms with E-state index in [1.807, 2.05) is 0 Å². The van der Waals surface area contributed by atoms with E-state index < -0.39 is 105 Å². The van der Waals surface area contributed by atoms with E-state index >= 15 is 0 Å². The zero-order valence-corrected chi connectivity index (χ0v) is 21.7. The summed E-state index contributed by atoms with van der Waals surface area (Å²) in [5.41, 5.74) is 5.45. The summed E-state index contributed by atoms with van der Waals surface area (Å²) in [5.74, 6) is 0. The van der Waals surface area contributed by atoms with Gasteiger partial charge in [-0.15, -0.1) is 0 Å². The van der Waals surface area contributed by atoms with E-state index in [4.69, 9.17) is 34.2 Å². The minimum Gasteiger partial charge on any atom is -0.394 e. The molecular formula is C23H43NO15. The van der Waals surface area contributed by atoms with Crippen molar-refractivity contribution < 1.29 is 74.4 Å². The van der Waals surface area contributed by atoms with Crippen molar-refractivity contribution in [3.05, 3.63) is 0 Å². The molecule has 0 aromatic carbocycles. The predicted molar refractivity (Wildman–Crippen MR) is 126 cm³/mol. The number of aliphatic hydroxyl groups is 9. The van der Waals surface area contributed by atoms with Crippen molar-refractivity contribution in [1.29, 1.82) is 0 Å². The highest BCUT2D eigenvalue weighted by Crippen LogP contribution is 2.32. The second kappa shape index (κ2) is 15.0.